The molecule has 3 heterocycles. The Bertz CT molecular complexity index is 836. The van der Waals surface area contributed by atoms with Crippen LogP contribution in [0.1, 0.15) is 23.2 Å². The Morgan fingerprint density at radius 3 is 2.80 bits per heavy atom. The number of rotatable bonds is 5. The molecular weight excluding hydrogens is 433 g/mol. The molecule has 0 fully saturated rings. The van der Waals surface area contributed by atoms with Crippen molar-refractivity contribution in [2.75, 3.05) is 13.6 Å². The summed E-state index contributed by atoms with van der Waals surface area (Å²) in [4.78, 5) is 8.53. The topological polar surface area (TPSA) is 92.6 Å². The van der Waals surface area contributed by atoms with Crippen molar-refractivity contribution in [3.63, 3.8) is 0 Å². The molecule has 25 heavy (non-hydrogen) atoms. The van der Waals surface area contributed by atoms with Gasteiger partial charge in [0.25, 0.3) is 0 Å². The van der Waals surface area contributed by atoms with Crippen LogP contribution in [0.5, 0.6) is 0 Å². The van der Waals surface area contributed by atoms with Gasteiger partial charge in [0.15, 0.2) is 11.6 Å². The van der Waals surface area contributed by atoms with Crippen molar-refractivity contribution < 1.29 is 4.42 Å². The molecule has 0 aliphatic heterocycles. The number of halogens is 1. The Labute approximate surface area is 163 Å². The number of aliphatic imine (C=N–C) groups is 1. The first-order chi connectivity index (χ1) is 11.7. The third-order valence-electron chi connectivity index (χ3n) is 3.73. The van der Waals surface area contributed by atoms with E-state index in [9.17, 15) is 0 Å². The molecule has 8 nitrogen and oxygen atoms in total. The number of aryl methyl sites for hydroxylation is 2. The van der Waals surface area contributed by atoms with E-state index in [1.807, 2.05) is 42.6 Å². The van der Waals surface area contributed by atoms with Crippen molar-refractivity contribution in [3.05, 3.63) is 47.6 Å². The average Bonchev–Trinajstić information content (AvgIpc) is 3.14. The number of nitrogens with one attached hydrogen (secondary N) is 2. The van der Waals surface area contributed by atoms with Gasteiger partial charge in [-0.2, -0.15) is 0 Å². The van der Waals surface area contributed by atoms with Crippen molar-refractivity contribution in [2.45, 2.75) is 26.8 Å². The monoisotopic (exact) mass is 455 g/mol. The van der Waals surface area contributed by atoms with Gasteiger partial charge in [-0.3, -0.25) is 9.39 Å². The van der Waals surface area contributed by atoms with E-state index < -0.39 is 0 Å². The standard InChI is InChI=1S/C16H21N7O.HI/c1-11-12(2)24-15(20-11)10-19-16(17-3)18-8-7-14-22-21-13-6-4-5-9-23(13)14;/h4-6,9H,7-8,10H2,1-3H3,(H2,17,18,19);1H. The lowest BCUT2D eigenvalue weighted by Crippen LogP contribution is -2.38. The fourth-order valence-electron chi connectivity index (χ4n) is 2.35. The molecule has 0 spiro atoms. The number of nitrogens with zero attached hydrogens (tertiary/aromatic N) is 5. The predicted molar refractivity (Wildman–Crippen MR) is 106 cm³/mol. The molecule has 0 aromatic carbocycles. The molecule has 0 aliphatic rings. The van der Waals surface area contributed by atoms with Crippen molar-refractivity contribution in [1.82, 2.24) is 30.2 Å². The average molecular weight is 455 g/mol. The summed E-state index contributed by atoms with van der Waals surface area (Å²) < 4.78 is 7.53. The molecule has 134 valence electrons. The molecule has 0 saturated carbocycles. The second-order valence-electron chi connectivity index (χ2n) is 5.40. The van der Waals surface area contributed by atoms with Gasteiger partial charge >= 0.3 is 0 Å². The molecule has 3 rings (SSSR count). The summed E-state index contributed by atoms with van der Waals surface area (Å²) >= 11 is 0. The highest BCUT2D eigenvalue weighted by molar-refractivity contribution is 14.0. The van der Waals surface area contributed by atoms with Crippen molar-refractivity contribution in [2.24, 2.45) is 4.99 Å². The van der Waals surface area contributed by atoms with Crippen LogP contribution in [-0.2, 0) is 13.0 Å². The molecule has 9 heteroatoms. The molecule has 0 unspecified atom stereocenters. The summed E-state index contributed by atoms with van der Waals surface area (Å²) in [5, 5.41) is 14.8. The third kappa shape index (κ3) is 4.68. The van der Waals surface area contributed by atoms with Crippen LogP contribution in [0.25, 0.3) is 5.65 Å². The predicted octanol–water partition coefficient (Wildman–Crippen LogP) is 1.86. The van der Waals surface area contributed by atoms with Crippen molar-refractivity contribution in [3.8, 4) is 0 Å². The summed E-state index contributed by atoms with van der Waals surface area (Å²) in [6.07, 6.45) is 2.70. The summed E-state index contributed by atoms with van der Waals surface area (Å²) in [5.41, 5.74) is 1.76. The van der Waals surface area contributed by atoms with Crippen LogP contribution in [-0.4, -0.2) is 39.1 Å². The van der Waals surface area contributed by atoms with Gasteiger partial charge < -0.3 is 15.1 Å². The first-order valence-corrected chi connectivity index (χ1v) is 7.83. The Kier molecular flexibility index (Phi) is 6.73. The summed E-state index contributed by atoms with van der Waals surface area (Å²) in [6.45, 7) is 5.02. The number of hydrogen-bond acceptors (Lipinski definition) is 5. The van der Waals surface area contributed by atoms with Gasteiger partial charge in [0.1, 0.15) is 11.6 Å². The lowest BCUT2D eigenvalue weighted by atomic mass is 10.4. The van der Waals surface area contributed by atoms with E-state index in [0.29, 0.717) is 24.9 Å². The molecule has 2 N–H and O–H groups in total. The molecule has 0 radical (unpaired) electrons. The minimum atomic E-state index is 0. The molecule has 3 aromatic rings. The maximum Gasteiger partial charge on any atom is 0.214 e. The number of pyridine rings is 1. The Balaban J connectivity index is 0.00000225. The summed E-state index contributed by atoms with van der Waals surface area (Å²) in [5.74, 6) is 3.09. The van der Waals surface area contributed by atoms with Gasteiger partial charge in [0, 0.05) is 26.2 Å². The number of guanidine groups is 1. The second-order valence-corrected chi connectivity index (χ2v) is 5.40. The zero-order valence-electron chi connectivity index (χ0n) is 14.5. The fraction of sp³-hybridized carbons (Fsp3) is 0.375. The van der Waals surface area contributed by atoms with Crippen LogP contribution >= 0.6 is 24.0 Å². The number of hydrogen-bond donors (Lipinski definition) is 2. The molecular formula is C16H22IN7O. The summed E-state index contributed by atoms with van der Waals surface area (Å²) in [6, 6.07) is 5.85. The Morgan fingerprint density at radius 2 is 2.08 bits per heavy atom. The number of oxazole rings is 1. The van der Waals surface area contributed by atoms with Gasteiger partial charge in [-0.25, -0.2) is 4.98 Å². The van der Waals surface area contributed by atoms with Gasteiger partial charge in [-0.1, -0.05) is 6.07 Å². The van der Waals surface area contributed by atoms with E-state index in [4.69, 9.17) is 4.42 Å². The first kappa shape index (κ1) is 19.2. The van der Waals surface area contributed by atoms with Crippen molar-refractivity contribution >= 4 is 35.6 Å². The Hall–Kier alpha value is -2.17. The lowest BCUT2D eigenvalue weighted by molar-refractivity contribution is 0.463. The zero-order valence-corrected chi connectivity index (χ0v) is 16.8. The second kappa shape index (κ2) is 8.79. The SMILES string of the molecule is CN=C(NCCc1nnc2ccccn12)NCc1nc(C)c(C)o1.I. The van der Waals surface area contributed by atoms with E-state index in [-0.39, 0.29) is 24.0 Å². The van der Waals surface area contributed by atoms with Crippen LogP contribution in [0.4, 0.5) is 0 Å². The molecule has 0 bridgehead atoms. The van der Waals surface area contributed by atoms with Gasteiger partial charge in [0.05, 0.1) is 12.2 Å². The van der Waals surface area contributed by atoms with E-state index in [1.54, 1.807) is 7.05 Å². The van der Waals surface area contributed by atoms with Gasteiger partial charge in [-0.15, -0.1) is 34.2 Å². The number of fused-ring (bicyclic) bond motifs is 1. The summed E-state index contributed by atoms with van der Waals surface area (Å²) in [7, 11) is 1.73. The fourth-order valence-corrected chi connectivity index (χ4v) is 2.35. The number of aromatic nitrogens is 4. The van der Waals surface area contributed by atoms with Crippen LogP contribution in [0.3, 0.4) is 0 Å². The van der Waals surface area contributed by atoms with E-state index in [0.717, 1.165) is 29.3 Å². The molecule has 0 atom stereocenters. The quantitative estimate of drug-likeness (QED) is 0.347. The van der Waals surface area contributed by atoms with Crippen molar-refractivity contribution in [1.29, 1.82) is 0 Å². The maximum absolute atomic E-state index is 5.54. The van der Waals surface area contributed by atoms with Crippen LogP contribution in [0.15, 0.2) is 33.8 Å². The largest absolute Gasteiger partial charge is 0.444 e. The van der Waals surface area contributed by atoms with Crippen LogP contribution < -0.4 is 10.6 Å². The molecule has 0 amide bonds. The molecule has 3 aromatic heterocycles. The van der Waals surface area contributed by atoms with Crippen LogP contribution in [0.2, 0.25) is 0 Å². The minimum absolute atomic E-state index is 0. The first-order valence-electron chi connectivity index (χ1n) is 7.83. The maximum atomic E-state index is 5.54. The molecule has 0 saturated heterocycles. The van der Waals surface area contributed by atoms with E-state index in [1.165, 1.54) is 0 Å². The van der Waals surface area contributed by atoms with Crippen LogP contribution in [0, 0.1) is 13.8 Å². The minimum Gasteiger partial charge on any atom is -0.444 e. The highest BCUT2D eigenvalue weighted by Crippen LogP contribution is 2.07. The normalized spacial score (nSPS) is 11.4. The zero-order chi connectivity index (χ0) is 16.9. The van der Waals surface area contributed by atoms with E-state index in [2.05, 4.69) is 30.8 Å². The van der Waals surface area contributed by atoms with Gasteiger partial charge in [-0.05, 0) is 26.0 Å². The smallest absolute Gasteiger partial charge is 0.214 e. The molecule has 0 aliphatic carbocycles. The highest BCUT2D eigenvalue weighted by Gasteiger charge is 2.07. The highest BCUT2D eigenvalue weighted by atomic mass is 127. The van der Waals surface area contributed by atoms with E-state index >= 15 is 0 Å². The Morgan fingerprint density at radius 1 is 1.24 bits per heavy atom. The lowest BCUT2D eigenvalue weighted by Gasteiger charge is -2.10. The van der Waals surface area contributed by atoms with Gasteiger partial charge in [0.2, 0.25) is 5.89 Å². The third-order valence-corrected chi connectivity index (χ3v) is 3.73.